The summed E-state index contributed by atoms with van der Waals surface area (Å²) in [4.78, 5) is 25.7. The summed E-state index contributed by atoms with van der Waals surface area (Å²) in [5.74, 6) is 1.46. The summed E-state index contributed by atoms with van der Waals surface area (Å²) >= 11 is 0. The highest BCUT2D eigenvalue weighted by Crippen LogP contribution is 2.13. The second-order valence-electron chi connectivity index (χ2n) is 6.48. The van der Waals surface area contributed by atoms with Crippen LogP contribution in [0.2, 0.25) is 0 Å². The molecule has 0 fully saturated rings. The number of hydrogen-bond donors (Lipinski definition) is 1. The van der Waals surface area contributed by atoms with Gasteiger partial charge in [0, 0.05) is 33.0 Å². The van der Waals surface area contributed by atoms with E-state index in [0.717, 1.165) is 22.6 Å². The summed E-state index contributed by atoms with van der Waals surface area (Å²) in [6, 6.07) is 15.3. The van der Waals surface area contributed by atoms with Crippen molar-refractivity contribution in [2.75, 3.05) is 27.3 Å². The van der Waals surface area contributed by atoms with Crippen LogP contribution >= 0.6 is 0 Å². The first kappa shape index (κ1) is 21.3. The molecule has 0 aliphatic rings. The number of nitrogens with zero attached hydrogens (tertiary/aromatic N) is 1. The lowest BCUT2D eigenvalue weighted by molar-refractivity contribution is -0.129. The molecule has 6 nitrogen and oxygen atoms in total. The summed E-state index contributed by atoms with van der Waals surface area (Å²) in [6.45, 7) is 2.94. The van der Waals surface area contributed by atoms with Crippen molar-refractivity contribution in [3.8, 4) is 11.5 Å². The Hall–Kier alpha value is -3.02. The number of carbonyl (C=O) groups excluding carboxylic acids is 2. The summed E-state index contributed by atoms with van der Waals surface area (Å²) in [7, 11) is 3.25. The molecule has 0 bridgehead atoms. The van der Waals surface area contributed by atoms with Crippen molar-refractivity contribution in [3.63, 3.8) is 0 Å². The molecule has 0 saturated heterocycles. The van der Waals surface area contributed by atoms with Crippen LogP contribution in [-0.4, -0.2) is 44.0 Å². The van der Waals surface area contributed by atoms with Crippen LogP contribution in [0.15, 0.2) is 48.5 Å². The van der Waals surface area contributed by atoms with Crippen molar-refractivity contribution in [2.45, 2.75) is 26.3 Å². The minimum Gasteiger partial charge on any atom is -0.497 e. The third kappa shape index (κ3) is 6.95. The second kappa shape index (κ2) is 11.0. The zero-order valence-corrected chi connectivity index (χ0v) is 16.7. The van der Waals surface area contributed by atoms with E-state index in [4.69, 9.17) is 9.47 Å². The first-order chi connectivity index (χ1) is 13.5. The van der Waals surface area contributed by atoms with Crippen LogP contribution in [0.1, 0.15) is 24.5 Å². The Morgan fingerprint density at radius 2 is 1.64 bits per heavy atom. The highest BCUT2D eigenvalue weighted by atomic mass is 16.5. The molecule has 2 aromatic rings. The fraction of sp³-hybridized carbons (Fsp3) is 0.364. The van der Waals surface area contributed by atoms with Gasteiger partial charge in [-0.15, -0.1) is 0 Å². The normalized spacial score (nSPS) is 10.2. The maximum absolute atomic E-state index is 12.1. The van der Waals surface area contributed by atoms with E-state index in [-0.39, 0.29) is 18.2 Å². The highest BCUT2D eigenvalue weighted by molar-refractivity contribution is 5.78. The fourth-order valence-corrected chi connectivity index (χ4v) is 2.79. The van der Waals surface area contributed by atoms with Gasteiger partial charge in [0.25, 0.3) is 0 Å². The molecule has 0 aliphatic heterocycles. The molecule has 2 amide bonds. The molecule has 2 aromatic carbocycles. The van der Waals surface area contributed by atoms with Gasteiger partial charge >= 0.3 is 0 Å². The average molecular weight is 384 g/mol. The molecule has 0 unspecified atom stereocenters. The van der Waals surface area contributed by atoms with Gasteiger partial charge in [-0.05, 0) is 41.8 Å². The van der Waals surface area contributed by atoms with Crippen LogP contribution in [0.3, 0.4) is 0 Å². The molecule has 1 N–H and O–H groups in total. The van der Waals surface area contributed by atoms with Crippen molar-refractivity contribution in [1.82, 2.24) is 10.2 Å². The Balaban J connectivity index is 1.77. The van der Waals surface area contributed by atoms with Crippen molar-refractivity contribution < 1.29 is 19.1 Å². The van der Waals surface area contributed by atoms with Crippen LogP contribution < -0.4 is 14.8 Å². The Morgan fingerprint density at radius 3 is 2.29 bits per heavy atom. The molecule has 0 heterocycles. The maximum atomic E-state index is 12.1. The van der Waals surface area contributed by atoms with Crippen molar-refractivity contribution in [3.05, 3.63) is 59.7 Å². The molecule has 6 heteroatoms. The van der Waals surface area contributed by atoms with Gasteiger partial charge in [0.2, 0.25) is 11.8 Å². The molecule has 0 spiro atoms. The molecule has 0 aromatic heterocycles. The Bertz CT molecular complexity index is 774. The third-order valence-corrected chi connectivity index (χ3v) is 4.51. The minimum atomic E-state index is -0.0801. The number of benzene rings is 2. The zero-order chi connectivity index (χ0) is 20.4. The number of rotatable bonds is 10. The second-order valence-corrected chi connectivity index (χ2v) is 6.48. The van der Waals surface area contributed by atoms with Crippen LogP contribution in [0, 0.1) is 0 Å². The molecule has 0 aliphatic carbocycles. The van der Waals surface area contributed by atoms with E-state index < -0.39 is 0 Å². The first-order valence-corrected chi connectivity index (χ1v) is 9.30. The number of ether oxygens (including phenoxy) is 2. The van der Waals surface area contributed by atoms with Gasteiger partial charge in [-0.25, -0.2) is 0 Å². The van der Waals surface area contributed by atoms with Gasteiger partial charge in [0.05, 0.1) is 14.2 Å². The molecule has 0 radical (unpaired) electrons. The average Bonchev–Trinajstić information content (AvgIpc) is 2.72. The Morgan fingerprint density at radius 1 is 0.929 bits per heavy atom. The summed E-state index contributed by atoms with van der Waals surface area (Å²) in [5.41, 5.74) is 2.09. The molecule has 2 rings (SSSR count). The first-order valence-electron chi connectivity index (χ1n) is 9.30. The van der Waals surface area contributed by atoms with Gasteiger partial charge in [-0.2, -0.15) is 0 Å². The standard InChI is InChI=1S/C22H28N2O4/c1-17(25)24(13-11-18-5-4-6-21(15-18)28-3)14-12-22(26)23-16-19-7-9-20(27-2)10-8-19/h4-10,15H,11-14,16H2,1-3H3,(H,23,26). The van der Waals surface area contributed by atoms with Crippen LogP contribution in [0.5, 0.6) is 11.5 Å². The van der Waals surface area contributed by atoms with E-state index in [1.54, 1.807) is 19.1 Å². The Labute approximate surface area is 166 Å². The van der Waals surface area contributed by atoms with Gasteiger partial charge in [-0.3, -0.25) is 9.59 Å². The molecule has 150 valence electrons. The number of amides is 2. The molecule has 0 saturated carbocycles. The fourth-order valence-electron chi connectivity index (χ4n) is 2.79. The molecule has 0 atom stereocenters. The minimum absolute atomic E-state index is 0.0362. The summed E-state index contributed by atoms with van der Waals surface area (Å²) in [6.07, 6.45) is 0.984. The predicted molar refractivity (Wildman–Crippen MR) is 108 cm³/mol. The summed E-state index contributed by atoms with van der Waals surface area (Å²) < 4.78 is 10.3. The quantitative estimate of drug-likeness (QED) is 0.684. The summed E-state index contributed by atoms with van der Waals surface area (Å²) in [5, 5.41) is 2.89. The number of nitrogens with one attached hydrogen (secondary N) is 1. The van der Waals surface area contributed by atoms with Crippen molar-refractivity contribution in [1.29, 1.82) is 0 Å². The highest BCUT2D eigenvalue weighted by Gasteiger charge is 2.11. The van der Waals surface area contributed by atoms with Gasteiger partial charge < -0.3 is 19.7 Å². The van der Waals surface area contributed by atoms with Gasteiger partial charge in [-0.1, -0.05) is 24.3 Å². The SMILES string of the molecule is COc1ccc(CNC(=O)CCN(CCc2cccc(OC)c2)C(C)=O)cc1. The molecular weight excluding hydrogens is 356 g/mol. The lowest BCUT2D eigenvalue weighted by Gasteiger charge is -2.21. The maximum Gasteiger partial charge on any atom is 0.222 e. The topological polar surface area (TPSA) is 67.9 Å². The number of carbonyl (C=O) groups is 2. The monoisotopic (exact) mass is 384 g/mol. The smallest absolute Gasteiger partial charge is 0.222 e. The van der Waals surface area contributed by atoms with Crippen LogP contribution in [0.4, 0.5) is 0 Å². The van der Waals surface area contributed by atoms with E-state index in [2.05, 4.69) is 5.32 Å². The molecular formula is C22H28N2O4. The number of methoxy groups -OCH3 is 2. The zero-order valence-electron chi connectivity index (χ0n) is 16.7. The number of hydrogen-bond acceptors (Lipinski definition) is 4. The lowest BCUT2D eigenvalue weighted by atomic mass is 10.1. The lowest BCUT2D eigenvalue weighted by Crippen LogP contribution is -2.35. The van der Waals surface area contributed by atoms with E-state index in [9.17, 15) is 9.59 Å². The van der Waals surface area contributed by atoms with Crippen molar-refractivity contribution in [2.24, 2.45) is 0 Å². The van der Waals surface area contributed by atoms with Crippen LogP contribution in [-0.2, 0) is 22.6 Å². The van der Waals surface area contributed by atoms with Gasteiger partial charge in [0.1, 0.15) is 11.5 Å². The van der Waals surface area contributed by atoms with Crippen LogP contribution in [0.25, 0.3) is 0 Å². The largest absolute Gasteiger partial charge is 0.497 e. The third-order valence-electron chi connectivity index (χ3n) is 4.51. The Kier molecular flexibility index (Phi) is 8.34. The van der Waals surface area contributed by atoms with E-state index in [1.807, 2.05) is 48.5 Å². The van der Waals surface area contributed by atoms with E-state index >= 15 is 0 Å². The van der Waals surface area contributed by atoms with E-state index in [0.29, 0.717) is 26.1 Å². The predicted octanol–water partition coefficient (Wildman–Crippen LogP) is 2.80. The molecule has 28 heavy (non-hydrogen) atoms. The van der Waals surface area contributed by atoms with Gasteiger partial charge in [0.15, 0.2) is 0 Å². The van der Waals surface area contributed by atoms with E-state index in [1.165, 1.54) is 6.92 Å². The van der Waals surface area contributed by atoms with Crippen molar-refractivity contribution >= 4 is 11.8 Å².